The zero-order chi connectivity index (χ0) is 7.72. The molecule has 1 fully saturated rings. The van der Waals surface area contributed by atoms with Crippen LogP contribution in [0.2, 0.25) is 0 Å². The molecule has 0 amide bonds. The van der Waals surface area contributed by atoms with Gasteiger partial charge < -0.3 is 21.1 Å². The van der Waals surface area contributed by atoms with E-state index in [9.17, 15) is 5.11 Å². The van der Waals surface area contributed by atoms with Gasteiger partial charge in [-0.2, -0.15) is 0 Å². The highest BCUT2D eigenvalue weighted by Crippen LogP contribution is 2.23. The summed E-state index contributed by atoms with van der Waals surface area (Å²) in [5.41, 5.74) is 3.65. The van der Waals surface area contributed by atoms with E-state index in [1.807, 2.05) is 0 Å². The van der Waals surface area contributed by atoms with Crippen molar-refractivity contribution in [1.82, 2.24) is 0 Å². The minimum absolute atomic E-state index is 0.0652. The van der Waals surface area contributed by atoms with Crippen LogP contribution < -0.4 is 5.73 Å². The first-order valence-corrected chi connectivity index (χ1v) is 3.47. The van der Waals surface area contributed by atoms with Crippen molar-refractivity contribution >= 4 is 0 Å². The molecule has 6 N–H and O–H groups in total. The Morgan fingerprint density at radius 2 is 1.90 bits per heavy atom. The van der Waals surface area contributed by atoms with Crippen molar-refractivity contribution in [2.45, 2.75) is 24.7 Å². The Morgan fingerprint density at radius 1 is 1.30 bits per heavy atom. The average Bonchev–Trinajstić information content (AvgIpc) is 2.17. The molecular weight excluding hydrogens is 134 g/mol. The third kappa shape index (κ3) is 1.15. The lowest BCUT2D eigenvalue weighted by atomic mass is 10.1. The van der Waals surface area contributed by atoms with Gasteiger partial charge >= 0.3 is 0 Å². The second-order valence-corrected chi connectivity index (χ2v) is 2.92. The van der Waals surface area contributed by atoms with Crippen molar-refractivity contribution in [3.8, 4) is 0 Å². The van der Waals surface area contributed by atoms with Gasteiger partial charge in [-0.1, -0.05) is 0 Å². The van der Waals surface area contributed by atoms with Crippen LogP contribution in [-0.2, 0) is 0 Å². The van der Waals surface area contributed by atoms with E-state index in [1.54, 1.807) is 0 Å². The van der Waals surface area contributed by atoms with Gasteiger partial charge in [-0.15, -0.1) is 0 Å². The summed E-state index contributed by atoms with van der Waals surface area (Å²) in [5, 5.41) is 27.0. The van der Waals surface area contributed by atoms with E-state index >= 15 is 0 Å². The lowest BCUT2D eigenvalue weighted by Gasteiger charge is -2.11. The monoisotopic (exact) mass is 148 g/mol. The van der Waals surface area contributed by atoms with Crippen LogP contribution in [0.5, 0.6) is 0 Å². The minimum atomic E-state index is -0.785. The van der Waals surface area contributed by atoms with Crippen LogP contribution in [0, 0.1) is 5.92 Å². The van der Waals surface area contributed by atoms with Gasteiger partial charge in [0.25, 0.3) is 0 Å². The second-order valence-electron chi connectivity index (χ2n) is 2.92. The topological polar surface area (TPSA) is 88.3 Å². The van der Waals surface area contributed by atoms with Crippen LogP contribution in [0.3, 0.4) is 0 Å². The molecule has 1 aliphatic rings. The predicted octanol–water partition coefficient (Wildman–Crippen LogP) is -2.67. The molecule has 1 rings (SSSR count). The Kier molecular flexibility index (Phi) is 2.25. The molecule has 10 heavy (non-hydrogen) atoms. The van der Waals surface area contributed by atoms with Gasteiger partial charge in [-0.3, -0.25) is 0 Å². The lowest BCUT2D eigenvalue weighted by Crippen LogP contribution is -2.65. The Bertz CT molecular complexity index is 120. The summed E-state index contributed by atoms with van der Waals surface area (Å²) in [6.45, 7) is -0.0652. The molecule has 1 saturated carbocycles. The van der Waals surface area contributed by atoms with Crippen molar-refractivity contribution < 1.29 is 21.1 Å². The van der Waals surface area contributed by atoms with Crippen LogP contribution >= 0.6 is 0 Å². The molecule has 60 valence electrons. The molecule has 0 aromatic heterocycles. The largest absolute Gasteiger partial charge is 0.396 e. The van der Waals surface area contributed by atoms with E-state index < -0.39 is 12.2 Å². The fourth-order valence-electron chi connectivity index (χ4n) is 1.41. The van der Waals surface area contributed by atoms with E-state index in [-0.39, 0.29) is 18.6 Å². The quantitative estimate of drug-likeness (QED) is 0.327. The molecule has 4 unspecified atom stereocenters. The molecule has 0 heterocycles. The average molecular weight is 148 g/mol. The van der Waals surface area contributed by atoms with E-state index in [2.05, 4.69) is 5.73 Å². The molecule has 0 radical (unpaired) electrons. The Balaban J connectivity index is 2.53. The Hall–Kier alpha value is -0.160. The molecule has 4 nitrogen and oxygen atoms in total. The third-order valence-electron chi connectivity index (χ3n) is 2.16. The maximum absolute atomic E-state index is 9.18. The summed E-state index contributed by atoms with van der Waals surface area (Å²) in [6.07, 6.45) is -0.927. The second kappa shape index (κ2) is 2.84. The Labute approximate surface area is 59.3 Å². The first-order valence-electron chi connectivity index (χ1n) is 3.47. The zero-order valence-corrected chi connectivity index (χ0v) is 5.77. The highest BCUT2D eigenvalue weighted by molar-refractivity contribution is 4.89. The van der Waals surface area contributed by atoms with Crippen LogP contribution in [0.25, 0.3) is 0 Å². The summed E-state index contributed by atoms with van der Waals surface area (Å²) in [4.78, 5) is 0. The van der Waals surface area contributed by atoms with E-state index in [0.717, 1.165) is 0 Å². The maximum Gasteiger partial charge on any atom is 0.132 e. The lowest BCUT2D eigenvalue weighted by molar-refractivity contribution is -0.434. The standard InChI is InChI=1S/C6H13NO3/c7-4-1-3(2-8)5(9)6(4)10/h3-6,8-10H,1-2,7H2/p+1. The molecule has 0 aliphatic heterocycles. The Morgan fingerprint density at radius 3 is 2.10 bits per heavy atom. The number of hydrogen-bond donors (Lipinski definition) is 4. The highest BCUT2D eigenvalue weighted by Gasteiger charge is 2.41. The van der Waals surface area contributed by atoms with Gasteiger partial charge in [-0.05, 0) is 0 Å². The maximum atomic E-state index is 9.18. The normalized spacial score (nSPS) is 48.0. The van der Waals surface area contributed by atoms with Gasteiger partial charge in [0.15, 0.2) is 0 Å². The van der Waals surface area contributed by atoms with Gasteiger partial charge in [0.05, 0.1) is 6.10 Å². The number of quaternary nitrogens is 1. The molecule has 0 aromatic carbocycles. The molecule has 4 atom stereocenters. The zero-order valence-electron chi connectivity index (χ0n) is 5.77. The smallest absolute Gasteiger partial charge is 0.132 e. The van der Waals surface area contributed by atoms with Crippen LogP contribution in [0.15, 0.2) is 0 Å². The number of aliphatic hydroxyl groups excluding tert-OH is 3. The summed E-state index contributed by atoms with van der Waals surface area (Å²) < 4.78 is 0. The van der Waals surface area contributed by atoms with Gasteiger partial charge in [0.1, 0.15) is 12.1 Å². The van der Waals surface area contributed by atoms with Crippen molar-refractivity contribution in [2.24, 2.45) is 5.92 Å². The summed E-state index contributed by atoms with van der Waals surface area (Å²) in [6, 6.07) is -0.132. The molecule has 1 aliphatic carbocycles. The molecular formula is C6H14NO3+. The van der Waals surface area contributed by atoms with Crippen LogP contribution in [0.4, 0.5) is 0 Å². The van der Waals surface area contributed by atoms with Crippen molar-refractivity contribution in [1.29, 1.82) is 0 Å². The summed E-state index contributed by atoms with van der Waals surface area (Å²) in [7, 11) is 0. The fraction of sp³-hybridized carbons (Fsp3) is 1.00. The SMILES string of the molecule is [NH3+]C1CC(CO)C(O)C1O. The molecule has 0 spiro atoms. The first kappa shape index (κ1) is 7.94. The van der Waals surface area contributed by atoms with Gasteiger partial charge in [-0.25, -0.2) is 0 Å². The third-order valence-corrected chi connectivity index (χ3v) is 2.16. The summed E-state index contributed by atoms with van der Waals surface area (Å²) >= 11 is 0. The van der Waals surface area contributed by atoms with Crippen LogP contribution in [-0.4, -0.2) is 40.2 Å². The molecule has 0 aromatic rings. The fourth-order valence-corrected chi connectivity index (χ4v) is 1.41. The number of hydrogen-bond acceptors (Lipinski definition) is 3. The van der Waals surface area contributed by atoms with Crippen LogP contribution in [0.1, 0.15) is 6.42 Å². The highest BCUT2D eigenvalue weighted by atomic mass is 16.3. The van der Waals surface area contributed by atoms with Gasteiger partial charge in [0, 0.05) is 18.9 Å². The molecule has 0 bridgehead atoms. The number of rotatable bonds is 1. The first-order chi connectivity index (χ1) is 4.66. The molecule has 0 saturated heterocycles. The van der Waals surface area contributed by atoms with E-state index in [4.69, 9.17) is 10.2 Å². The summed E-state index contributed by atoms with van der Waals surface area (Å²) in [5.74, 6) is -0.183. The van der Waals surface area contributed by atoms with E-state index in [1.165, 1.54) is 0 Å². The van der Waals surface area contributed by atoms with Crippen molar-refractivity contribution in [3.63, 3.8) is 0 Å². The van der Waals surface area contributed by atoms with Gasteiger partial charge in [0.2, 0.25) is 0 Å². The number of aliphatic hydroxyl groups is 3. The van der Waals surface area contributed by atoms with Crippen molar-refractivity contribution in [3.05, 3.63) is 0 Å². The van der Waals surface area contributed by atoms with E-state index in [0.29, 0.717) is 6.42 Å². The van der Waals surface area contributed by atoms with Crippen molar-refractivity contribution in [2.75, 3.05) is 6.61 Å². The minimum Gasteiger partial charge on any atom is -0.396 e. The molecule has 4 heteroatoms. The predicted molar refractivity (Wildman–Crippen MR) is 33.9 cm³/mol.